The fourth-order valence-electron chi connectivity index (χ4n) is 2.42. The van der Waals surface area contributed by atoms with Gasteiger partial charge in [-0.3, -0.25) is 9.97 Å². The Labute approximate surface area is 157 Å². The minimum atomic E-state index is -5.08. The number of hydrogen-bond donors (Lipinski definition) is 3. The number of hydrogen-bond acceptors (Lipinski definition) is 5. The van der Waals surface area contributed by atoms with Crippen LogP contribution in [0.25, 0.3) is 0 Å². The number of carboxylic acid groups (broad SMARTS) is 1. The van der Waals surface area contributed by atoms with Crippen LogP contribution in [-0.4, -0.2) is 38.0 Å². The Morgan fingerprint density at radius 3 is 2.41 bits per heavy atom. The highest BCUT2D eigenvalue weighted by molar-refractivity contribution is 8.16. The number of carbonyl (C=O) groups is 1. The van der Waals surface area contributed by atoms with Crippen molar-refractivity contribution in [2.24, 2.45) is 0 Å². The Morgan fingerprint density at radius 1 is 1.22 bits per heavy atom. The third-order valence-electron chi connectivity index (χ3n) is 3.91. The number of aromatic nitrogens is 3. The number of pyridine rings is 1. The number of aliphatic carboxylic acids is 1. The summed E-state index contributed by atoms with van der Waals surface area (Å²) in [4.78, 5) is 22.4. The van der Waals surface area contributed by atoms with Crippen LogP contribution in [0.15, 0.2) is 29.6 Å². The molecule has 0 bridgehead atoms. The van der Waals surface area contributed by atoms with Gasteiger partial charge >= 0.3 is 12.1 Å². The molecule has 1 aliphatic rings. The first-order chi connectivity index (χ1) is 12.6. The lowest BCUT2D eigenvalue weighted by molar-refractivity contribution is -0.192. The quantitative estimate of drug-likeness (QED) is 0.666. The minimum Gasteiger partial charge on any atom is -0.475 e. The number of nitrogens with zero attached hydrogens (tertiary/aromatic N) is 3. The van der Waals surface area contributed by atoms with Gasteiger partial charge in [-0.25, -0.2) is 20.7 Å². The zero-order chi connectivity index (χ0) is 20.2. The lowest BCUT2D eigenvalue weighted by Crippen LogP contribution is -2.21. The first kappa shape index (κ1) is 20.9. The minimum absolute atomic E-state index is 0.249. The van der Waals surface area contributed by atoms with Gasteiger partial charge in [-0.15, -0.1) is 0 Å². The molecular weight excluding hydrogens is 381 g/mol. The van der Waals surface area contributed by atoms with Crippen LogP contribution in [0, 0.1) is 0 Å². The standard InChI is InChI=1S/C15H20N4S.C2HF3O2/c1-10(2)11-3-4-15(18-7-11)20-6-5-12-13(9-20)17-8-14(16)19-12;3-2(4,5)1(6)7/h3-4,7-8,10,20H,5-6,9H2,1-2H3,(H2,16,19);(H,6,7). The molecule has 0 aliphatic carbocycles. The van der Waals surface area contributed by atoms with E-state index in [2.05, 4.69) is 40.9 Å². The second kappa shape index (κ2) is 8.55. The van der Waals surface area contributed by atoms with Crippen LogP contribution in [0.4, 0.5) is 19.0 Å². The average Bonchev–Trinajstić information content (AvgIpc) is 2.61. The van der Waals surface area contributed by atoms with Crippen molar-refractivity contribution >= 4 is 22.7 Å². The van der Waals surface area contributed by atoms with Gasteiger partial charge in [0, 0.05) is 11.9 Å². The van der Waals surface area contributed by atoms with Gasteiger partial charge in [0.15, 0.2) is 0 Å². The van der Waals surface area contributed by atoms with E-state index in [0.717, 1.165) is 29.3 Å². The number of aryl methyl sites for hydroxylation is 1. The molecule has 0 amide bonds. The lowest BCUT2D eigenvalue weighted by Gasteiger charge is -2.26. The van der Waals surface area contributed by atoms with Gasteiger partial charge in [0.05, 0.1) is 22.6 Å². The summed E-state index contributed by atoms with van der Waals surface area (Å²) in [5.41, 5.74) is 9.17. The molecule has 6 nitrogen and oxygen atoms in total. The summed E-state index contributed by atoms with van der Waals surface area (Å²) in [6.07, 6.45) is -0.438. The van der Waals surface area contributed by atoms with Crippen molar-refractivity contribution in [2.75, 3.05) is 11.5 Å². The Morgan fingerprint density at radius 2 is 1.89 bits per heavy atom. The van der Waals surface area contributed by atoms with E-state index in [1.165, 1.54) is 10.6 Å². The fraction of sp³-hybridized carbons (Fsp3) is 0.412. The van der Waals surface area contributed by atoms with Crippen LogP contribution >= 0.6 is 10.9 Å². The van der Waals surface area contributed by atoms with E-state index in [1.54, 1.807) is 6.20 Å². The molecule has 0 saturated carbocycles. The van der Waals surface area contributed by atoms with Gasteiger partial charge in [0.2, 0.25) is 0 Å². The highest BCUT2D eigenvalue weighted by Crippen LogP contribution is 2.42. The summed E-state index contributed by atoms with van der Waals surface area (Å²) in [6, 6.07) is 4.40. The van der Waals surface area contributed by atoms with Gasteiger partial charge in [-0.2, -0.15) is 13.2 Å². The van der Waals surface area contributed by atoms with Gasteiger partial charge in [-0.1, -0.05) is 19.9 Å². The number of rotatable bonds is 2. The Kier molecular flexibility index (Phi) is 6.63. The molecule has 148 valence electrons. The second-order valence-corrected chi connectivity index (χ2v) is 8.57. The topological polar surface area (TPSA) is 102 Å². The SMILES string of the molecule is CC(C)c1ccc([SH]2CCc3nc(N)cnc3C2)nc1.O=C(O)C(F)(F)F. The van der Waals surface area contributed by atoms with Crippen molar-refractivity contribution < 1.29 is 23.1 Å². The Hall–Kier alpha value is -2.36. The Balaban J connectivity index is 0.000000321. The number of alkyl halides is 3. The average molecular weight is 402 g/mol. The van der Waals surface area contributed by atoms with Crippen molar-refractivity contribution in [2.45, 2.75) is 43.1 Å². The number of nitrogens with two attached hydrogens (primary N) is 1. The number of nitrogen functional groups attached to an aromatic ring is 1. The summed E-state index contributed by atoms with van der Waals surface area (Å²) < 4.78 is 31.7. The molecule has 3 heterocycles. The van der Waals surface area contributed by atoms with Crippen molar-refractivity contribution in [3.63, 3.8) is 0 Å². The zero-order valence-electron chi connectivity index (χ0n) is 14.9. The molecular formula is C17H21F3N4O2S. The molecule has 2 aromatic heterocycles. The normalized spacial score (nSPS) is 17.6. The van der Waals surface area contributed by atoms with Crippen molar-refractivity contribution in [1.82, 2.24) is 15.0 Å². The van der Waals surface area contributed by atoms with Crippen LogP contribution in [0.3, 0.4) is 0 Å². The fourth-order valence-corrected chi connectivity index (χ4v) is 4.59. The molecule has 0 aromatic carbocycles. The van der Waals surface area contributed by atoms with E-state index in [9.17, 15) is 13.2 Å². The van der Waals surface area contributed by atoms with E-state index >= 15 is 0 Å². The van der Waals surface area contributed by atoms with Crippen LogP contribution < -0.4 is 5.73 Å². The molecule has 3 N–H and O–H groups in total. The highest BCUT2D eigenvalue weighted by atomic mass is 32.2. The summed E-state index contributed by atoms with van der Waals surface area (Å²) in [7, 11) is -0.249. The molecule has 0 saturated heterocycles. The smallest absolute Gasteiger partial charge is 0.475 e. The monoisotopic (exact) mass is 402 g/mol. The molecule has 1 unspecified atom stereocenters. The third-order valence-corrected chi connectivity index (χ3v) is 6.27. The lowest BCUT2D eigenvalue weighted by atomic mass is 10.1. The molecule has 10 heteroatoms. The van der Waals surface area contributed by atoms with E-state index < -0.39 is 12.1 Å². The molecule has 1 aliphatic heterocycles. The van der Waals surface area contributed by atoms with Gasteiger partial charge in [0.25, 0.3) is 0 Å². The zero-order valence-corrected chi connectivity index (χ0v) is 15.8. The molecule has 2 aromatic rings. The largest absolute Gasteiger partial charge is 0.490 e. The van der Waals surface area contributed by atoms with E-state index in [1.807, 2.05) is 6.20 Å². The number of halogens is 3. The van der Waals surface area contributed by atoms with Gasteiger partial charge < -0.3 is 10.8 Å². The van der Waals surface area contributed by atoms with Crippen molar-refractivity contribution in [3.8, 4) is 0 Å². The maximum Gasteiger partial charge on any atom is 0.490 e. The summed E-state index contributed by atoms with van der Waals surface area (Å²) >= 11 is 0. The van der Waals surface area contributed by atoms with E-state index in [4.69, 9.17) is 15.6 Å². The maximum absolute atomic E-state index is 10.6. The number of thiol groups is 1. The summed E-state index contributed by atoms with van der Waals surface area (Å²) in [5.74, 6) is 0.410. The van der Waals surface area contributed by atoms with Crippen LogP contribution in [0.2, 0.25) is 0 Å². The molecule has 27 heavy (non-hydrogen) atoms. The number of carboxylic acids is 1. The summed E-state index contributed by atoms with van der Waals surface area (Å²) in [5, 5.41) is 8.36. The first-order valence-electron chi connectivity index (χ1n) is 8.19. The van der Waals surface area contributed by atoms with E-state index in [0.29, 0.717) is 11.7 Å². The molecule has 3 rings (SSSR count). The van der Waals surface area contributed by atoms with Crippen LogP contribution in [0.5, 0.6) is 0 Å². The second-order valence-electron chi connectivity index (χ2n) is 6.27. The van der Waals surface area contributed by atoms with Crippen LogP contribution in [0.1, 0.15) is 36.7 Å². The van der Waals surface area contributed by atoms with Gasteiger partial charge in [-0.05, 0) is 29.7 Å². The van der Waals surface area contributed by atoms with Crippen molar-refractivity contribution in [3.05, 3.63) is 41.5 Å². The summed E-state index contributed by atoms with van der Waals surface area (Å²) in [6.45, 7) is 4.39. The first-order valence-corrected chi connectivity index (χ1v) is 9.90. The molecule has 0 fully saturated rings. The maximum atomic E-state index is 10.6. The third kappa shape index (κ3) is 5.81. The Bertz CT molecular complexity index is 798. The highest BCUT2D eigenvalue weighted by Gasteiger charge is 2.38. The van der Waals surface area contributed by atoms with Crippen LogP contribution in [-0.2, 0) is 17.0 Å². The molecule has 0 radical (unpaired) electrons. The molecule has 0 spiro atoms. The van der Waals surface area contributed by atoms with E-state index in [-0.39, 0.29) is 10.9 Å². The number of fused-ring (bicyclic) bond motifs is 1. The molecule has 1 atom stereocenters. The number of anilines is 1. The van der Waals surface area contributed by atoms with Crippen molar-refractivity contribution in [1.29, 1.82) is 0 Å². The predicted molar refractivity (Wildman–Crippen MR) is 98.0 cm³/mol. The van der Waals surface area contributed by atoms with Gasteiger partial charge in [0.1, 0.15) is 5.82 Å². The predicted octanol–water partition coefficient (Wildman–Crippen LogP) is 3.33.